The number of carbonyl (C=O) groups is 2. The van der Waals surface area contributed by atoms with Gasteiger partial charge in [-0.05, 0) is 12.3 Å². The van der Waals surface area contributed by atoms with Gasteiger partial charge in [0, 0.05) is 11.8 Å². The molecule has 1 aromatic rings. The van der Waals surface area contributed by atoms with Gasteiger partial charge in [-0.2, -0.15) is 0 Å². The lowest BCUT2D eigenvalue weighted by molar-refractivity contribution is -0.125. The van der Waals surface area contributed by atoms with E-state index in [1.165, 1.54) is 0 Å². The van der Waals surface area contributed by atoms with E-state index in [1.807, 2.05) is 5.38 Å². The molecule has 18 heavy (non-hydrogen) atoms. The van der Waals surface area contributed by atoms with Crippen LogP contribution < -0.4 is 10.6 Å². The van der Waals surface area contributed by atoms with Crippen molar-refractivity contribution < 1.29 is 9.59 Å². The summed E-state index contributed by atoms with van der Waals surface area (Å²) < 4.78 is 0. The maximum atomic E-state index is 11.8. The summed E-state index contributed by atoms with van der Waals surface area (Å²) in [5.41, 5.74) is 1.05. The molecule has 1 aliphatic heterocycles. The standard InChI is InChI=1S/C12H17N3O2S/c1-7(2)9-6-18-11(15-9)5-13-12(17)8-3-4-10(16)14-8/h6-8H,3-5H2,1-2H3,(H,13,17)(H,14,16). The number of hydrogen-bond donors (Lipinski definition) is 2. The van der Waals surface area contributed by atoms with Crippen LogP contribution in [0.15, 0.2) is 5.38 Å². The van der Waals surface area contributed by atoms with Gasteiger partial charge in [0.05, 0.1) is 12.2 Å². The Kier molecular flexibility index (Phi) is 3.96. The van der Waals surface area contributed by atoms with Gasteiger partial charge in [0.2, 0.25) is 11.8 Å². The average molecular weight is 267 g/mol. The Balaban J connectivity index is 1.83. The summed E-state index contributed by atoms with van der Waals surface area (Å²) in [6, 6.07) is -0.373. The fourth-order valence-corrected chi connectivity index (χ4v) is 2.66. The van der Waals surface area contributed by atoms with Gasteiger partial charge in [-0.15, -0.1) is 11.3 Å². The molecule has 0 radical (unpaired) electrons. The zero-order chi connectivity index (χ0) is 13.1. The summed E-state index contributed by atoms with van der Waals surface area (Å²) in [6.07, 6.45) is 1.02. The van der Waals surface area contributed by atoms with Crippen molar-refractivity contribution in [3.63, 3.8) is 0 Å². The second kappa shape index (κ2) is 5.48. The third-order valence-corrected chi connectivity index (χ3v) is 3.75. The molecule has 1 unspecified atom stereocenters. The van der Waals surface area contributed by atoms with Crippen molar-refractivity contribution in [2.24, 2.45) is 0 Å². The van der Waals surface area contributed by atoms with E-state index in [-0.39, 0.29) is 17.9 Å². The molecule has 0 aliphatic carbocycles. The molecular formula is C12H17N3O2S. The van der Waals surface area contributed by atoms with Crippen molar-refractivity contribution in [1.29, 1.82) is 0 Å². The molecule has 1 saturated heterocycles. The van der Waals surface area contributed by atoms with E-state index in [1.54, 1.807) is 11.3 Å². The molecule has 0 aromatic carbocycles. The maximum absolute atomic E-state index is 11.8. The Morgan fingerprint density at radius 2 is 2.44 bits per heavy atom. The average Bonchev–Trinajstić information content (AvgIpc) is 2.94. The Hall–Kier alpha value is -1.43. The van der Waals surface area contributed by atoms with Gasteiger partial charge >= 0.3 is 0 Å². The Labute approximate surface area is 110 Å². The first-order valence-corrected chi connectivity index (χ1v) is 6.95. The van der Waals surface area contributed by atoms with Gasteiger partial charge in [-0.1, -0.05) is 13.8 Å². The number of carbonyl (C=O) groups excluding carboxylic acids is 2. The first-order valence-electron chi connectivity index (χ1n) is 6.07. The van der Waals surface area contributed by atoms with Crippen LogP contribution in [0.3, 0.4) is 0 Å². The van der Waals surface area contributed by atoms with E-state index >= 15 is 0 Å². The van der Waals surface area contributed by atoms with E-state index in [2.05, 4.69) is 29.5 Å². The fourth-order valence-electron chi connectivity index (χ4n) is 1.77. The smallest absolute Gasteiger partial charge is 0.242 e. The summed E-state index contributed by atoms with van der Waals surface area (Å²) in [5.74, 6) is 0.230. The molecule has 2 rings (SSSR count). The molecule has 98 valence electrons. The summed E-state index contributed by atoms with van der Waals surface area (Å²) >= 11 is 1.55. The molecule has 0 saturated carbocycles. The summed E-state index contributed by atoms with van der Waals surface area (Å²) in [7, 11) is 0. The van der Waals surface area contributed by atoms with Crippen molar-refractivity contribution in [3.8, 4) is 0 Å². The summed E-state index contributed by atoms with van der Waals surface area (Å²) in [4.78, 5) is 27.2. The van der Waals surface area contributed by atoms with E-state index in [9.17, 15) is 9.59 Å². The first kappa shape index (κ1) is 13.0. The van der Waals surface area contributed by atoms with E-state index in [0.29, 0.717) is 25.3 Å². The van der Waals surface area contributed by atoms with Crippen LogP contribution in [0.25, 0.3) is 0 Å². The highest BCUT2D eigenvalue weighted by Gasteiger charge is 2.26. The molecule has 6 heteroatoms. The van der Waals surface area contributed by atoms with Crippen LogP contribution in [0.5, 0.6) is 0 Å². The van der Waals surface area contributed by atoms with Gasteiger partial charge in [0.15, 0.2) is 0 Å². The molecule has 0 bridgehead atoms. The maximum Gasteiger partial charge on any atom is 0.242 e. The van der Waals surface area contributed by atoms with Crippen LogP contribution in [-0.2, 0) is 16.1 Å². The minimum absolute atomic E-state index is 0.0495. The monoisotopic (exact) mass is 267 g/mol. The van der Waals surface area contributed by atoms with Crippen LogP contribution in [0, 0.1) is 0 Å². The lowest BCUT2D eigenvalue weighted by Crippen LogP contribution is -2.41. The van der Waals surface area contributed by atoms with Crippen molar-refractivity contribution in [2.75, 3.05) is 0 Å². The lowest BCUT2D eigenvalue weighted by atomic mass is 10.2. The van der Waals surface area contributed by atoms with Crippen LogP contribution in [0.4, 0.5) is 0 Å². The van der Waals surface area contributed by atoms with E-state index in [4.69, 9.17) is 0 Å². The quantitative estimate of drug-likeness (QED) is 0.860. The minimum atomic E-state index is -0.373. The van der Waals surface area contributed by atoms with E-state index in [0.717, 1.165) is 10.7 Å². The number of thiazole rings is 1. The number of aromatic nitrogens is 1. The third kappa shape index (κ3) is 3.07. The van der Waals surface area contributed by atoms with Crippen molar-refractivity contribution >= 4 is 23.2 Å². The zero-order valence-corrected chi connectivity index (χ0v) is 11.3. The number of nitrogens with zero attached hydrogens (tertiary/aromatic N) is 1. The number of amides is 2. The van der Waals surface area contributed by atoms with Gasteiger partial charge in [0.25, 0.3) is 0 Å². The van der Waals surface area contributed by atoms with Gasteiger partial charge in [-0.3, -0.25) is 9.59 Å². The number of hydrogen-bond acceptors (Lipinski definition) is 4. The van der Waals surface area contributed by atoms with Crippen molar-refractivity contribution in [3.05, 3.63) is 16.1 Å². The summed E-state index contributed by atoms with van der Waals surface area (Å²) in [6.45, 7) is 4.61. The molecule has 2 heterocycles. The molecule has 2 N–H and O–H groups in total. The largest absolute Gasteiger partial charge is 0.348 e. The number of nitrogens with one attached hydrogen (secondary N) is 2. The van der Waals surface area contributed by atoms with Crippen molar-refractivity contribution in [2.45, 2.75) is 45.2 Å². The number of rotatable bonds is 4. The van der Waals surface area contributed by atoms with Gasteiger partial charge in [0.1, 0.15) is 11.0 Å². The van der Waals surface area contributed by atoms with Crippen LogP contribution >= 0.6 is 11.3 Å². The molecule has 2 amide bonds. The molecule has 1 atom stereocenters. The molecule has 1 aliphatic rings. The van der Waals surface area contributed by atoms with Gasteiger partial charge < -0.3 is 10.6 Å². The Bertz CT molecular complexity index is 456. The second-order valence-electron chi connectivity index (χ2n) is 4.70. The summed E-state index contributed by atoms with van der Waals surface area (Å²) in [5, 5.41) is 8.37. The molecule has 1 aromatic heterocycles. The van der Waals surface area contributed by atoms with Crippen LogP contribution in [0.2, 0.25) is 0 Å². The first-order chi connectivity index (χ1) is 8.56. The lowest BCUT2D eigenvalue weighted by Gasteiger charge is -2.09. The predicted octanol–water partition coefficient (Wildman–Crippen LogP) is 1.16. The molecular weight excluding hydrogens is 250 g/mol. The highest BCUT2D eigenvalue weighted by atomic mass is 32.1. The van der Waals surface area contributed by atoms with Crippen LogP contribution in [-0.4, -0.2) is 22.8 Å². The zero-order valence-electron chi connectivity index (χ0n) is 10.5. The van der Waals surface area contributed by atoms with Crippen LogP contribution in [0.1, 0.15) is 43.3 Å². The Morgan fingerprint density at radius 1 is 1.67 bits per heavy atom. The highest BCUT2D eigenvalue weighted by Crippen LogP contribution is 2.17. The topological polar surface area (TPSA) is 71.1 Å². The third-order valence-electron chi connectivity index (χ3n) is 2.89. The second-order valence-corrected chi connectivity index (χ2v) is 5.64. The normalized spacial score (nSPS) is 19.1. The molecule has 0 spiro atoms. The SMILES string of the molecule is CC(C)c1csc(CNC(=O)C2CCC(=O)N2)n1. The van der Waals surface area contributed by atoms with Gasteiger partial charge in [-0.25, -0.2) is 4.98 Å². The van der Waals surface area contributed by atoms with E-state index < -0.39 is 0 Å². The minimum Gasteiger partial charge on any atom is -0.348 e. The highest BCUT2D eigenvalue weighted by molar-refractivity contribution is 7.09. The van der Waals surface area contributed by atoms with Crippen molar-refractivity contribution in [1.82, 2.24) is 15.6 Å². The molecule has 1 fully saturated rings. The Morgan fingerprint density at radius 3 is 3.00 bits per heavy atom. The molecule has 5 nitrogen and oxygen atoms in total. The predicted molar refractivity (Wildman–Crippen MR) is 69.2 cm³/mol. The fraction of sp³-hybridized carbons (Fsp3) is 0.583.